The Bertz CT molecular complexity index is 829. The van der Waals surface area contributed by atoms with Crippen molar-refractivity contribution in [1.82, 2.24) is 0 Å². The number of hydrogen-bond acceptors (Lipinski definition) is 5. The molecule has 2 rings (SSSR count). The fraction of sp³-hybridized carbons (Fsp3) is 0.300. The summed E-state index contributed by atoms with van der Waals surface area (Å²) in [6.07, 6.45) is 2.07. The minimum absolute atomic E-state index is 0.233. The van der Waals surface area contributed by atoms with Gasteiger partial charge in [-0.25, -0.2) is 0 Å². The summed E-state index contributed by atoms with van der Waals surface area (Å²) in [7, 11) is -3.07. The molecule has 138 valence electrons. The highest BCUT2D eigenvalue weighted by molar-refractivity contribution is 7.78. The van der Waals surface area contributed by atoms with Crippen LogP contribution in [0.5, 0.6) is 11.5 Å². The van der Waals surface area contributed by atoms with Crippen molar-refractivity contribution in [2.24, 2.45) is 0 Å². The Morgan fingerprint density at radius 2 is 1.62 bits per heavy atom. The van der Waals surface area contributed by atoms with Crippen molar-refractivity contribution in [2.75, 3.05) is 6.16 Å². The number of rotatable bonds is 7. The van der Waals surface area contributed by atoms with Gasteiger partial charge in [0.1, 0.15) is 18.6 Å². The predicted octanol–water partition coefficient (Wildman–Crippen LogP) is 3.65. The van der Waals surface area contributed by atoms with Crippen molar-refractivity contribution in [1.29, 1.82) is 0 Å². The first-order valence-corrected chi connectivity index (χ1v) is 10.4. The van der Waals surface area contributed by atoms with Gasteiger partial charge in [0.2, 0.25) is 0 Å². The van der Waals surface area contributed by atoms with Gasteiger partial charge in [-0.3, -0.25) is 9.59 Å². The van der Waals surface area contributed by atoms with Crippen LogP contribution in [-0.2, 0) is 14.2 Å². The van der Waals surface area contributed by atoms with Crippen LogP contribution in [0.15, 0.2) is 48.5 Å². The van der Waals surface area contributed by atoms with Crippen molar-refractivity contribution >= 4 is 29.7 Å². The minimum atomic E-state index is -3.07. The summed E-state index contributed by atoms with van der Waals surface area (Å²) < 4.78 is 24.5. The number of esters is 2. The third-order valence-electron chi connectivity index (χ3n) is 3.83. The number of carbonyl (C=O) groups excluding carboxylic acids is 2. The molecule has 0 aliphatic heterocycles. The maximum Gasteiger partial charge on any atom is 0.308 e. The molecule has 5 nitrogen and oxygen atoms in total. The van der Waals surface area contributed by atoms with Gasteiger partial charge < -0.3 is 14.0 Å². The van der Waals surface area contributed by atoms with E-state index in [9.17, 15) is 14.2 Å². The Kier molecular flexibility index (Phi) is 6.76. The van der Waals surface area contributed by atoms with Crippen LogP contribution in [0.3, 0.4) is 0 Å². The highest BCUT2D eigenvalue weighted by atomic mass is 31.2. The lowest BCUT2D eigenvalue weighted by molar-refractivity contribution is -0.133. The molecule has 0 fully saturated rings. The minimum Gasteiger partial charge on any atom is -0.427 e. The van der Waals surface area contributed by atoms with Gasteiger partial charge in [-0.2, -0.15) is 0 Å². The average molecular weight is 374 g/mol. The lowest BCUT2D eigenvalue weighted by atomic mass is 10.3. The Balaban J connectivity index is 2.65. The number of ether oxygens (including phenoxy) is 2. The van der Waals surface area contributed by atoms with Gasteiger partial charge in [-0.15, -0.1) is 0 Å². The van der Waals surface area contributed by atoms with Gasteiger partial charge in [0, 0.05) is 25.3 Å². The summed E-state index contributed by atoms with van der Waals surface area (Å²) in [4.78, 5) is 22.8. The summed E-state index contributed by atoms with van der Waals surface area (Å²) >= 11 is 0. The van der Waals surface area contributed by atoms with E-state index in [4.69, 9.17) is 9.47 Å². The zero-order valence-electron chi connectivity index (χ0n) is 15.2. The van der Waals surface area contributed by atoms with Crippen LogP contribution in [0.4, 0.5) is 0 Å². The summed E-state index contributed by atoms with van der Waals surface area (Å²) in [6.45, 7) is 4.62. The number of unbranched alkanes of at least 4 members (excludes halogenated alkanes) is 1. The molecule has 0 radical (unpaired) electrons. The third-order valence-corrected chi connectivity index (χ3v) is 7.04. The van der Waals surface area contributed by atoms with E-state index < -0.39 is 19.1 Å². The molecule has 6 heteroatoms. The van der Waals surface area contributed by atoms with Gasteiger partial charge in [0.15, 0.2) is 0 Å². The molecule has 0 spiro atoms. The van der Waals surface area contributed by atoms with E-state index >= 15 is 0 Å². The molecular weight excluding hydrogens is 351 g/mol. The number of benzene rings is 2. The fourth-order valence-electron chi connectivity index (χ4n) is 2.69. The van der Waals surface area contributed by atoms with Gasteiger partial charge in [-0.1, -0.05) is 43.7 Å². The van der Waals surface area contributed by atoms with Crippen molar-refractivity contribution in [3.63, 3.8) is 0 Å². The van der Waals surface area contributed by atoms with E-state index in [1.54, 1.807) is 6.07 Å². The largest absolute Gasteiger partial charge is 0.427 e. The second kappa shape index (κ2) is 8.81. The van der Waals surface area contributed by atoms with Crippen LogP contribution in [0.1, 0.15) is 33.6 Å². The highest BCUT2D eigenvalue weighted by Gasteiger charge is 2.31. The van der Waals surface area contributed by atoms with E-state index in [0.717, 1.165) is 12.8 Å². The van der Waals surface area contributed by atoms with E-state index in [1.807, 2.05) is 37.3 Å². The summed E-state index contributed by atoms with van der Waals surface area (Å²) in [5.74, 6) is -0.464. The first-order valence-electron chi connectivity index (χ1n) is 8.53. The van der Waals surface area contributed by atoms with E-state index in [-0.39, 0.29) is 11.5 Å². The molecule has 1 unspecified atom stereocenters. The monoisotopic (exact) mass is 374 g/mol. The fourth-order valence-corrected chi connectivity index (χ4v) is 5.69. The Hall–Kier alpha value is -2.39. The lowest BCUT2D eigenvalue weighted by Gasteiger charge is -2.22. The molecule has 0 aliphatic rings. The molecule has 26 heavy (non-hydrogen) atoms. The molecule has 0 heterocycles. The lowest BCUT2D eigenvalue weighted by Crippen LogP contribution is -2.22. The van der Waals surface area contributed by atoms with Crippen molar-refractivity contribution in [3.05, 3.63) is 48.5 Å². The normalized spacial score (nSPS) is 12.9. The summed E-state index contributed by atoms with van der Waals surface area (Å²) in [5.41, 5.74) is 0. The molecule has 2 aromatic carbocycles. The Morgan fingerprint density at radius 1 is 0.962 bits per heavy atom. The molecule has 0 N–H and O–H groups in total. The van der Waals surface area contributed by atoms with Crippen molar-refractivity contribution in [3.8, 4) is 11.5 Å². The SMILES string of the molecule is CCCCP(=O)(c1ccccc1)c1cc(OC(C)=O)ccc1OC(C)=O. The highest BCUT2D eigenvalue weighted by Crippen LogP contribution is 2.47. The van der Waals surface area contributed by atoms with Crippen LogP contribution < -0.4 is 20.1 Å². The van der Waals surface area contributed by atoms with Gasteiger partial charge in [0.05, 0.1) is 5.30 Å². The molecule has 0 saturated heterocycles. The molecule has 0 bridgehead atoms. The van der Waals surface area contributed by atoms with Crippen LogP contribution in [0.25, 0.3) is 0 Å². The number of carbonyl (C=O) groups is 2. The van der Waals surface area contributed by atoms with E-state index in [0.29, 0.717) is 16.8 Å². The zero-order chi connectivity index (χ0) is 19.2. The predicted molar refractivity (Wildman–Crippen MR) is 102 cm³/mol. The van der Waals surface area contributed by atoms with Crippen molar-refractivity contribution < 1.29 is 23.6 Å². The van der Waals surface area contributed by atoms with E-state index in [1.165, 1.54) is 26.0 Å². The molecule has 0 amide bonds. The molecule has 0 aromatic heterocycles. The molecule has 0 saturated carbocycles. The second-order valence-corrected chi connectivity index (χ2v) is 8.89. The first-order chi connectivity index (χ1) is 12.4. The summed E-state index contributed by atoms with van der Waals surface area (Å²) in [5, 5.41) is 1.08. The van der Waals surface area contributed by atoms with Gasteiger partial charge in [0.25, 0.3) is 0 Å². The van der Waals surface area contributed by atoms with Gasteiger partial charge >= 0.3 is 11.9 Å². The van der Waals surface area contributed by atoms with Crippen LogP contribution in [0.2, 0.25) is 0 Å². The average Bonchev–Trinajstić information content (AvgIpc) is 2.61. The molecule has 0 aliphatic carbocycles. The second-order valence-electron chi connectivity index (χ2n) is 5.97. The number of hydrogen-bond donors (Lipinski definition) is 0. The zero-order valence-corrected chi connectivity index (χ0v) is 16.1. The van der Waals surface area contributed by atoms with E-state index in [2.05, 4.69) is 0 Å². The van der Waals surface area contributed by atoms with Crippen LogP contribution in [-0.4, -0.2) is 18.1 Å². The quantitative estimate of drug-likeness (QED) is 0.420. The van der Waals surface area contributed by atoms with Crippen molar-refractivity contribution in [2.45, 2.75) is 33.6 Å². The maximum absolute atomic E-state index is 14.1. The Morgan fingerprint density at radius 3 is 2.19 bits per heavy atom. The Labute approximate surface area is 153 Å². The van der Waals surface area contributed by atoms with Crippen LogP contribution >= 0.6 is 7.14 Å². The smallest absolute Gasteiger partial charge is 0.308 e. The molecule has 1 atom stereocenters. The third kappa shape index (κ3) is 4.83. The molecular formula is C20H23O5P. The first kappa shape index (κ1) is 19.9. The maximum atomic E-state index is 14.1. The molecule has 2 aromatic rings. The topological polar surface area (TPSA) is 69.7 Å². The van der Waals surface area contributed by atoms with Gasteiger partial charge in [-0.05, 0) is 24.6 Å². The standard InChI is InChI=1S/C20H23O5P/c1-4-5-13-26(23,18-9-7-6-8-10-18)20-14-17(24-15(2)21)11-12-19(20)25-16(3)22/h6-12,14H,4-5,13H2,1-3H3. The van der Waals surface area contributed by atoms with Crippen LogP contribution in [0, 0.1) is 0 Å². The summed E-state index contributed by atoms with van der Waals surface area (Å²) in [6, 6.07) is 13.7.